The molecule has 2 aromatic carbocycles. The lowest BCUT2D eigenvalue weighted by Gasteiger charge is -2.21. The molecular weight excluding hydrogens is 462 g/mol. The van der Waals surface area contributed by atoms with Gasteiger partial charge in [0, 0.05) is 26.1 Å². The zero-order valence-electron chi connectivity index (χ0n) is 21.6. The summed E-state index contributed by atoms with van der Waals surface area (Å²) in [6.07, 6.45) is 1.79. The Morgan fingerprint density at radius 3 is 2.38 bits per heavy atom. The molecule has 1 aliphatic heterocycles. The molecule has 2 aliphatic rings. The van der Waals surface area contributed by atoms with Gasteiger partial charge in [-0.3, -0.25) is 9.98 Å². The largest absolute Gasteiger partial charge is 0.382 e. The van der Waals surface area contributed by atoms with E-state index in [4.69, 9.17) is 19.5 Å². The van der Waals surface area contributed by atoms with Gasteiger partial charge < -0.3 is 19.4 Å². The fraction of sp³-hybridized carbons (Fsp3) is 0.233. The molecule has 2 heterocycles. The number of anilines is 2. The van der Waals surface area contributed by atoms with Gasteiger partial charge in [0.05, 0.1) is 64.1 Å². The predicted molar refractivity (Wildman–Crippen MR) is 148 cm³/mol. The van der Waals surface area contributed by atoms with Crippen molar-refractivity contribution in [3.8, 4) is 17.1 Å². The quantitative estimate of drug-likeness (QED) is 0.291. The number of aromatic nitrogens is 3. The topological polar surface area (TPSA) is 73.6 Å². The van der Waals surface area contributed by atoms with Crippen molar-refractivity contribution in [1.29, 1.82) is 0 Å². The summed E-state index contributed by atoms with van der Waals surface area (Å²) < 4.78 is 13.1. The first kappa shape index (κ1) is 24.6. The van der Waals surface area contributed by atoms with Crippen LogP contribution in [0.4, 0.5) is 11.4 Å². The van der Waals surface area contributed by atoms with Crippen molar-refractivity contribution in [3.05, 3.63) is 95.6 Å². The van der Waals surface area contributed by atoms with Gasteiger partial charge in [-0.25, -0.2) is 4.98 Å². The van der Waals surface area contributed by atoms with Gasteiger partial charge in [-0.05, 0) is 62.4 Å². The van der Waals surface area contributed by atoms with E-state index in [9.17, 15) is 0 Å². The van der Waals surface area contributed by atoms with Gasteiger partial charge in [-0.1, -0.05) is 29.8 Å². The first-order chi connectivity index (χ1) is 18.1. The number of pyridine rings is 1. The van der Waals surface area contributed by atoms with Gasteiger partial charge in [0.2, 0.25) is 0 Å². The van der Waals surface area contributed by atoms with Crippen LogP contribution in [0, 0.1) is 13.8 Å². The highest BCUT2D eigenvalue weighted by molar-refractivity contribution is 5.84. The van der Waals surface area contributed by atoms with Crippen LogP contribution in [-0.2, 0) is 9.47 Å². The van der Waals surface area contributed by atoms with Crippen molar-refractivity contribution in [2.45, 2.75) is 19.9 Å². The molecule has 0 saturated heterocycles. The maximum atomic E-state index is 5.43. The maximum Gasteiger partial charge on any atom is 0.0973 e. The van der Waals surface area contributed by atoms with E-state index >= 15 is 0 Å². The van der Waals surface area contributed by atoms with E-state index in [0.29, 0.717) is 13.2 Å². The zero-order valence-corrected chi connectivity index (χ0v) is 21.6. The average Bonchev–Trinajstić information content (AvgIpc) is 2.90. The Hall–Kier alpha value is -4.07. The molecule has 0 radical (unpaired) electrons. The van der Waals surface area contributed by atoms with Gasteiger partial charge >= 0.3 is 0 Å². The number of nitrogens with zero attached hydrogens (tertiary/aromatic N) is 4. The highest BCUT2D eigenvalue weighted by Crippen LogP contribution is 2.30. The first-order valence-corrected chi connectivity index (χ1v) is 12.3. The summed E-state index contributed by atoms with van der Waals surface area (Å²) in [6, 6.07) is 24.7. The second kappa shape index (κ2) is 10.9. The van der Waals surface area contributed by atoms with Crippen molar-refractivity contribution >= 4 is 22.4 Å². The maximum absolute atomic E-state index is 5.43. The Morgan fingerprint density at radius 2 is 1.65 bits per heavy atom. The van der Waals surface area contributed by atoms with Crippen molar-refractivity contribution in [3.63, 3.8) is 0 Å². The summed E-state index contributed by atoms with van der Waals surface area (Å²) in [6.45, 7) is 4.98. The van der Waals surface area contributed by atoms with Gasteiger partial charge in [0.25, 0.3) is 0 Å². The lowest BCUT2D eigenvalue weighted by atomic mass is 10.1. The van der Waals surface area contributed by atoms with Crippen LogP contribution in [0.3, 0.4) is 0 Å². The molecule has 7 nitrogen and oxygen atoms in total. The normalized spacial score (nSPS) is 12.1. The molecule has 0 atom stereocenters. The molecule has 7 heteroatoms. The molecule has 1 N–H and O–H groups in total. The predicted octanol–water partition coefficient (Wildman–Crippen LogP) is 5.45. The van der Waals surface area contributed by atoms with Crippen LogP contribution in [0.2, 0.25) is 0 Å². The molecule has 37 heavy (non-hydrogen) atoms. The van der Waals surface area contributed by atoms with Gasteiger partial charge in [-0.15, -0.1) is 0 Å². The summed E-state index contributed by atoms with van der Waals surface area (Å²) in [7, 11) is 3.36. The molecule has 0 unspecified atom stereocenters. The number of ether oxygens (including phenoxy) is 2. The first-order valence-electron chi connectivity index (χ1n) is 12.3. The van der Waals surface area contributed by atoms with Gasteiger partial charge in [-0.2, -0.15) is 0 Å². The Labute approximate surface area is 216 Å². The van der Waals surface area contributed by atoms with Crippen LogP contribution in [0.15, 0.2) is 84.0 Å². The van der Waals surface area contributed by atoms with Crippen LogP contribution in [0.25, 0.3) is 28.1 Å². The lowest BCUT2D eigenvalue weighted by Crippen LogP contribution is -2.24. The van der Waals surface area contributed by atoms with Crippen molar-refractivity contribution in [2.24, 2.45) is 4.99 Å². The Bertz CT molecular complexity index is 1550. The van der Waals surface area contributed by atoms with Crippen molar-refractivity contribution in [1.82, 2.24) is 14.5 Å². The van der Waals surface area contributed by atoms with Gasteiger partial charge in [0.1, 0.15) is 0 Å². The van der Waals surface area contributed by atoms with Crippen molar-refractivity contribution < 1.29 is 9.47 Å². The molecule has 188 valence electrons. The van der Waals surface area contributed by atoms with E-state index in [1.54, 1.807) is 20.4 Å². The van der Waals surface area contributed by atoms with E-state index in [1.807, 2.05) is 37.3 Å². The Morgan fingerprint density at radius 1 is 0.892 bits per heavy atom. The molecule has 1 aliphatic carbocycles. The van der Waals surface area contributed by atoms with Crippen molar-refractivity contribution in [2.75, 3.05) is 32.8 Å². The molecule has 3 aromatic rings. The van der Waals surface area contributed by atoms with Crippen LogP contribution in [0.1, 0.15) is 11.3 Å². The third-order valence-corrected chi connectivity index (χ3v) is 6.31. The van der Waals surface area contributed by atoms with E-state index in [0.717, 1.165) is 50.5 Å². The van der Waals surface area contributed by atoms with Crippen LogP contribution >= 0.6 is 0 Å². The number of nitrogens with one attached hydrogen (secondary N) is 1. The fourth-order valence-electron chi connectivity index (χ4n) is 4.49. The molecule has 0 amide bonds. The number of rotatable bonds is 8. The number of hydrogen-bond donors (Lipinski definition) is 1. The van der Waals surface area contributed by atoms with Crippen LogP contribution in [-0.4, -0.2) is 48.0 Å². The van der Waals surface area contributed by atoms with E-state index in [1.165, 1.54) is 5.56 Å². The Kier molecular flexibility index (Phi) is 7.25. The Balaban J connectivity index is 1.81. The third kappa shape index (κ3) is 5.23. The van der Waals surface area contributed by atoms with Crippen LogP contribution in [0.5, 0.6) is 0 Å². The fourth-order valence-corrected chi connectivity index (χ4v) is 4.49. The number of methoxy groups -OCH3 is 2. The molecule has 5 rings (SSSR count). The lowest BCUT2D eigenvalue weighted by molar-refractivity contribution is 0.118. The van der Waals surface area contributed by atoms with Gasteiger partial charge in [0.15, 0.2) is 0 Å². The minimum atomic E-state index is -0.163. The zero-order chi connectivity index (χ0) is 25.8. The molecule has 0 spiro atoms. The summed E-state index contributed by atoms with van der Waals surface area (Å²) in [5, 5.41) is 4.35. The monoisotopic (exact) mass is 493 g/mol. The molecule has 1 aromatic heterocycles. The molecule has 0 fully saturated rings. The SMILES string of the molecule is COCC(COC)N=c1cc2n(-c3ccc(C)cc3)c3ccccc3nc-2cc1Nc1cccnc1C. The van der Waals surface area contributed by atoms with Crippen LogP contribution < -0.4 is 10.7 Å². The standard InChI is InChI=1S/C30H31N5O2/c1-20-11-13-23(14-12-20)35-29-10-6-5-8-25(29)34-28-16-26(33-24-9-7-15-31-21(24)2)27(17-30(28)35)32-22(18-36-3)19-37-4/h5-17,22,33H,18-19H2,1-4H3. The average molecular weight is 494 g/mol. The second-order valence-corrected chi connectivity index (χ2v) is 9.08. The number of aryl methyl sites for hydroxylation is 2. The molecule has 0 saturated carbocycles. The van der Waals surface area contributed by atoms with E-state index in [2.05, 4.69) is 64.3 Å². The van der Waals surface area contributed by atoms with E-state index in [-0.39, 0.29) is 6.04 Å². The summed E-state index contributed by atoms with van der Waals surface area (Å²) in [5.41, 5.74) is 8.71. The summed E-state index contributed by atoms with van der Waals surface area (Å²) >= 11 is 0. The number of benzene rings is 3. The third-order valence-electron chi connectivity index (χ3n) is 6.31. The summed E-state index contributed by atoms with van der Waals surface area (Å²) in [4.78, 5) is 14.5. The second-order valence-electron chi connectivity index (χ2n) is 9.08. The number of hydrogen-bond acceptors (Lipinski definition) is 6. The highest BCUT2D eigenvalue weighted by atomic mass is 16.5. The molecular formula is C30H31N5O2. The highest BCUT2D eigenvalue weighted by Gasteiger charge is 2.18. The van der Waals surface area contributed by atoms with E-state index < -0.39 is 0 Å². The number of fused-ring (bicyclic) bond motifs is 2. The number of para-hydroxylation sites is 2. The summed E-state index contributed by atoms with van der Waals surface area (Å²) in [5.74, 6) is 0. The minimum absolute atomic E-state index is 0.163. The molecule has 0 bridgehead atoms. The minimum Gasteiger partial charge on any atom is -0.382 e. The smallest absolute Gasteiger partial charge is 0.0973 e.